The number of para-hydroxylation sites is 1. The standard InChI is InChI=1S/C19H20F3NO/c1-13-7-3-5-9-16(13)18(24)23-17-10-6-4-8-15(17)12-11-14(2)19(20,21)22/h3-10,14H,11-12H2,1-2H3,(H,23,24). The number of hydrogen-bond acceptors (Lipinski definition) is 1. The zero-order valence-electron chi connectivity index (χ0n) is 13.7. The first kappa shape index (κ1) is 18.0. The Morgan fingerprint density at radius 1 is 1.08 bits per heavy atom. The van der Waals surface area contributed by atoms with Crippen LogP contribution in [0, 0.1) is 12.8 Å². The number of alkyl halides is 3. The van der Waals surface area contributed by atoms with Crippen molar-refractivity contribution in [2.75, 3.05) is 5.32 Å². The Kier molecular flexibility index (Phi) is 5.65. The average Bonchev–Trinajstić information content (AvgIpc) is 2.53. The van der Waals surface area contributed by atoms with Crippen molar-refractivity contribution >= 4 is 11.6 Å². The Morgan fingerprint density at radius 2 is 1.71 bits per heavy atom. The lowest BCUT2D eigenvalue weighted by atomic mass is 9.99. The van der Waals surface area contributed by atoms with Crippen molar-refractivity contribution in [3.05, 3.63) is 65.2 Å². The molecule has 1 amide bonds. The molecule has 0 radical (unpaired) electrons. The highest BCUT2D eigenvalue weighted by Crippen LogP contribution is 2.30. The monoisotopic (exact) mass is 335 g/mol. The Balaban J connectivity index is 2.12. The molecule has 2 nitrogen and oxygen atoms in total. The number of amides is 1. The van der Waals surface area contributed by atoms with E-state index < -0.39 is 12.1 Å². The summed E-state index contributed by atoms with van der Waals surface area (Å²) >= 11 is 0. The SMILES string of the molecule is Cc1ccccc1C(=O)Nc1ccccc1CCC(C)C(F)(F)F. The maximum atomic E-state index is 12.7. The largest absolute Gasteiger partial charge is 0.391 e. The van der Waals surface area contributed by atoms with Crippen LogP contribution in [-0.4, -0.2) is 12.1 Å². The molecule has 0 aliphatic rings. The van der Waals surface area contributed by atoms with Crippen LogP contribution in [0.15, 0.2) is 48.5 Å². The lowest BCUT2D eigenvalue weighted by Crippen LogP contribution is -2.20. The van der Waals surface area contributed by atoms with Gasteiger partial charge in [-0.25, -0.2) is 0 Å². The molecule has 0 saturated carbocycles. The second kappa shape index (κ2) is 7.51. The zero-order chi connectivity index (χ0) is 17.7. The van der Waals surface area contributed by atoms with Gasteiger partial charge >= 0.3 is 6.18 Å². The number of carbonyl (C=O) groups is 1. The first-order chi connectivity index (χ1) is 11.3. The molecule has 0 fully saturated rings. The fourth-order valence-electron chi connectivity index (χ4n) is 2.41. The highest BCUT2D eigenvalue weighted by atomic mass is 19.4. The quantitative estimate of drug-likeness (QED) is 0.781. The van der Waals surface area contributed by atoms with Gasteiger partial charge in [-0.2, -0.15) is 13.2 Å². The Hall–Kier alpha value is -2.30. The molecule has 1 N–H and O–H groups in total. The molecule has 0 spiro atoms. The molecule has 5 heteroatoms. The number of rotatable bonds is 5. The molecular weight excluding hydrogens is 315 g/mol. The van der Waals surface area contributed by atoms with Gasteiger partial charge in [-0.1, -0.05) is 43.3 Å². The van der Waals surface area contributed by atoms with E-state index in [0.29, 0.717) is 16.8 Å². The second-order valence-electron chi connectivity index (χ2n) is 5.91. The van der Waals surface area contributed by atoms with Gasteiger partial charge in [0.15, 0.2) is 0 Å². The topological polar surface area (TPSA) is 29.1 Å². The fraction of sp³-hybridized carbons (Fsp3) is 0.316. The van der Waals surface area contributed by atoms with Crippen LogP contribution in [0.4, 0.5) is 18.9 Å². The molecule has 128 valence electrons. The maximum absolute atomic E-state index is 12.7. The molecular formula is C19H20F3NO. The molecule has 0 saturated heterocycles. The van der Waals surface area contributed by atoms with E-state index in [4.69, 9.17) is 0 Å². The Bertz CT molecular complexity index is 710. The van der Waals surface area contributed by atoms with Gasteiger partial charge in [-0.05, 0) is 43.0 Å². The molecule has 2 rings (SSSR count). The number of benzene rings is 2. The second-order valence-corrected chi connectivity index (χ2v) is 5.91. The lowest BCUT2D eigenvalue weighted by Gasteiger charge is -2.17. The molecule has 1 atom stereocenters. The van der Waals surface area contributed by atoms with Crippen molar-refractivity contribution in [1.29, 1.82) is 0 Å². The minimum absolute atomic E-state index is 0.0131. The summed E-state index contributed by atoms with van der Waals surface area (Å²) in [6.07, 6.45) is -3.95. The molecule has 0 aliphatic carbocycles. The van der Waals surface area contributed by atoms with E-state index in [0.717, 1.165) is 5.56 Å². The molecule has 1 unspecified atom stereocenters. The van der Waals surface area contributed by atoms with Crippen LogP contribution < -0.4 is 5.32 Å². The van der Waals surface area contributed by atoms with E-state index in [1.165, 1.54) is 6.92 Å². The molecule has 2 aromatic carbocycles. The van der Waals surface area contributed by atoms with E-state index in [9.17, 15) is 18.0 Å². The molecule has 0 heterocycles. The summed E-state index contributed by atoms with van der Waals surface area (Å²) in [6, 6.07) is 14.2. The van der Waals surface area contributed by atoms with Crippen LogP contribution >= 0.6 is 0 Å². The van der Waals surface area contributed by atoms with E-state index in [2.05, 4.69) is 5.32 Å². The smallest absolute Gasteiger partial charge is 0.322 e. The van der Waals surface area contributed by atoms with Gasteiger partial charge < -0.3 is 5.32 Å². The highest BCUT2D eigenvalue weighted by Gasteiger charge is 2.35. The van der Waals surface area contributed by atoms with Crippen LogP contribution in [0.25, 0.3) is 0 Å². The first-order valence-electron chi connectivity index (χ1n) is 7.80. The van der Waals surface area contributed by atoms with E-state index in [1.807, 2.05) is 19.1 Å². The third-order valence-corrected chi connectivity index (χ3v) is 4.06. The predicted octanol–water partition coefficient (Wildman–Crippen LogP) is 5.38. The Morgan fingerprint density at radius 3 is 2.38 bits per heavy atom. The number of nitrogens with one attached hydrogen (secondary N) is 1. The summed E-state index contributed by atoms with van der Waals surface area (Å²) in [5.74, 6) is -1.64. The van der Waals surface area contributed by atoms with Gasteiger partial charge in [-0.3, -0.25) is 4.79 Å². The van der Waals surface area contributed by atoms with Crippen molar-refractivity contribution < 1.29 is 18.0 Å². The maximum Gasteiger partial charge on any atom is 0.391 e. The predicted molar refractivity (Wildman–Crippen MR) is 89.1 cm³/mol. The van der Waals surface area contributed by atoms with Crippen LogP contribution in [-0.2, 0) is 6.42 Å². The highest BCUT2D eigenvalue weighted by molar-refractivity contribution is 6.05. The van der Waals surface area contributed by atoms with Crippen molar-refractivity contribution in [3.8, 4) is 0 Å². The fourth-order valence-corrected chi connectivity index (χ4v) is 2.41. The molecule has 24 heavy (non-hydrogen) atoms. The van der Waals surface area contributed by atoms with Gasteiger partial charge in [0.1, 0.15) is 0 Å². The minimum Gasteiger partial charge on any atom is -0.322 e. The summed E-state index contributed by atoms with van der Waals surface area (Å²) in [5.41, 5.74) is 2.66. The molecule has 0 aliphatic heterocycles. The first-order valence-corrected chi connectivity index (χ1v) is 7.80. The normalized spacial score (nSPS) is 12.7. The van der Waals surface area contributed by atoms with Gasteiger partial charge in [0, 0.05) is 11.3 Å². The summed E-state index contributed by atoms with van der Waals surface area (Å²) in [7, 11) is 0. The van der Waals surface area contributed by atoms with Crippen LogP contribution in [0.3, 0.4) is 0 Å². The third-order valence-electron chi connectivity index (χ3n) is 4.06. The van der Waals surface area contributed by atoms with Gasteiger partial charge in [-0.15, -0.1) is 0 Å². The number of anilines is 1. The van der Waals surface area contributed by atoms with Crippen LogP contribution in [0.5, 0.6) is 0 Å². The minimum atomic E-state index is -4.20. The summed E-state index contributed by atoms with van der Waals surface area (Å²) < 4.78 is 38.0. The number of hydrogen-bond donors (Lipinski definition) is 1. The number of halogens is 3. The molecule has 0 bridgehead atoms. The van der Waals surface area contributed by atoms with Gasteiger partial charge in [0.05, 0.1) is 5.92 Å². The lowest BCUT2D eigenvalue weighted by molar-refractivity contribution is -0.170. The van der Waals surface area contributed by atoms with E-state index >= 15 is 0 Å². The number of aryl methyl sites for hydroxylation is 2. The van der Waals surface area contributed by atoms with Crippen molar-refractivity contribution in [3.63, 3.8) is 0 Å². The summed E-state index contributed by atoms with van der Waals surface area (Å²) in [4.78, 5) is 12.4. The third kappa shape index (κ3) is 4.60. The average molecular weight is 335 g/mol. The molecule has 0 aromatic heterocycles. The molecule has 2 aromatic rings. The van der Waals surface area contributed by atoms with E-state index in [1.54, 1.807) is 36.4 Å². The van der Waals surface area contributed by atoms with Crippen molar-refractivity contribution in [1.82, 2.24) is 0 Å². The summed E-state index contributed by atoms with van der Waals surface area (Å²) in [6.45, 7) is 3.01. The zero-order valence-corrected chi connectivity index (χ0v) is 13.7. The van der Waals surface area contributed by atoms with Crippen LogP contribution in [0.1, 0.15) is 34.8 Å². The van der Waals surface area contributed by atoms with Crippen molar-refractivity contribution in [2.45, 2.75) is 32.9 Å². The van der Waals surface area contributed by atoms with E-state index in [-0.39, 0.29) is 18.7 Å². The summed E-state index contributed by atoms with van der Waals surface area (Å²) in [5, 5.41) is 2.81. The van der Waals surface area contributed by atoms with Crippen LogP contribution in [0.2, 0.25) is 0 Å². The van der Waals surface area contributed by atoms with Gasteiger partial charge in [0.2, 0.25) is 0 Å². The van der Waals surface area contributed by atoms with Crippen molar-refractivity contribution in [2.24, 2.45) is 5.92 Å². The van der Waals surface area contributed by atoms with Gasteiger partial charge in [0.25, 0.3) is 5.91 Å². The Labute approximate surface area is 139 Å². The number of carbonyl (C=O) groups excluding carboxylic acids is 1.